The molecular weight excluding hydrogens is 278 g/mol. The topological polar surface area (TPSA) is 47.6 Å². The smallest absolute Gasteiger partial charge is 0.256 e. The van der Waals surface area contributed by atoms with Gasteiger partial charge in [-0.3, -0.25) is 4.79 Å². The molecule has 1 atom stereocenters. The zero-order valence-corrected chi connectivity index (χ0v) is 13.6. The quantitative estimate of drug-likeness (QED) is 0.877. The molecule has 2 aromatic carbocycles. The lowest BCUT2D eigenvalue weighted by atomic mass is 9.98. The minimum Gasteiger partial charge on any atom is -0.496 e. The van der Waals surface area contributed by atoms with Gasteiger partial charge in [-0.05, 0) is 25.5 Å². The summed E-state index contributed by atoms with van der Waals surface area (Å²) in [6.45, 7) is 3.85. The van der Waals surface area contributed by atoms with Gasteiger partial charge in [0.05, 0.1) is 7.11 Å². The Morgan fingerprint density at radius 2 is 1.82 bits per heavy atom. The molecule has 0 saturated carbocycles. The average molecular weight is 301 g/mol. The van der Waals surface area contributed by atoms with Crippen LogP contribution in [0.25, 0.3) is 10.8 Å². The predicted octanol–water partition coefficient (Wildman–Crippen LogP) is 3.99. The maximum Gasteiger partial charge on any atom is 0.256 e. The molecule has 0 radical (unpaired) electrons. The summed E-state index contributed by atoms with van der Waals surface area (Å²) in [5.74, 6) is 0.656. The molecule has 0 spiro atoms. The van der Waals surface area contributed by atoms with E-state index in [1.165, 1.54) is 0 Å². The van der Waals surface area contributed by atoms with Crippen molar-refractivity contribution in [3.05, 3.63) is 36.4 Å². The van der Waals surface area contributed by atoms with Gasteiger partial charge in [0.2, 0.25) is 0 Å². The van der Waals surface area contributed by atoms with Crippen LogP contribution in [0.2, 0.25) is 0 Å². The molecule has 1 amide bonds. The second-order valence-electron chi connectivity index (χ2n) is 5.50. The summed E-state index contributed by atoms with van der Waals surface area (Å²) in [5.41, 5.74) is -0.0590. The van der Waals surface area contributed by atoms with Gasteiger partial charge in [0.25, 0.3) is 5.91 Å². The van der Waals surface area contributed by atoms with Crippen molar-refractivity contribution in [1.29, 1.82) is 0 Å². The van der Waals surface area contributed by atoms with Crippen molar-refractivity contribution >= 4 is 22.4 Å². The maximum absolute atomic E-state index is 12.6. The highest BCUT2D eigenvalue weighted by Gasteiger charge is 2.32. The van der Waals surface area contributed by atoms with E-state index in [0.717, 1.165) is 28.6 Å². The Kier molecular flexibility index (Phi) is 5.03. The van der Waals surface area contributed by atoms with Crippen molar-refractivity contribution in [2.75, 3.05) is 19.5 Å². The number of nitrogens with one attached hydrogen (secondary N) is 1. The van der Waals surface area contributed by atoms with Crippen molar-refractivity contribution in [1.82, 2.24) is 0 Å². The van der Waals surface area contributed by atoms with Crippen LogP contribution in [0, 0.1) is 0 Å². The third-order valence-corrected chi connectivity index (χ3v) is 4.01. The van der Waals surface area contributed by atoms with Crippen LogP contribution in [-0.2, 0) is 9.53 Å². The Labute approximate surface area is 131 Å². The van der Waals surface area contributed by atoms with Gasteiger partial charge in [0.15, 0.2) is 0 Å². The highest BCUT2D eigenvalue weighted by molar-refractivity contribution is 6.06. The first-order valence-electron chi connectivity index (χ1n) is 7.48. The number of carbonyl (C=O) groups excluding carboxylic acids is 1. The zero-order valence-electron chi connectivity index (χ0n) is 13.6. The van der Waals surface area contributed by atoms with Gasteiger partial charge in [0.1, 0.15) is 11.4 Å². The Balaban J connectivity index is 2.38. The van der Waals surface area contributed by atoms with E-state index in [2.05, 4.69) is 5.32 Å². The largest absolute Gasteiger partial charge is 0.496 e. The Morgan fingerprint density at radius 1 is 1.14 bits per heavy atom. The molecule has 0 bridgehead atoms. The molecule has 2 aromatic rings. The summed E-state index contributed by atoms with van der Waals surface area (Å²) in [6, 6.07) is 11.6. The Morgan fingerprint density at radius 3 is 2.41 bits per heavy atom. The second kappa shape index (κ2) is 6.79. The van der Waals surface area contributed by atoms with E-state index in [0.29, 0.717) is 6.42 Å². The first-order chi connectivity index (χ1) is 10.6. The third kappa shape index (κ3) is 3.07. The lowest BCUT2D eigenvalue weighted by Gasteiger charge is -2.26. The lowest BCUT2D eigenvalue weighted by Crippen LogP contribution is -2.41. The van der Waals surface area contributed by atoms with Crippen molar-refractivity contribution in [2.24, 2.45) is 0 Å². The molecule has 4 nitrogen and oxygen atoms in total. The molecule has 0 fully saturated rings. The van der Waals surface area contributed by atoms with E-state index >= 15 is 0 Å². The van der Waals surface area contributed by atoms with Gasteiger partial charge in [-0.2, -0.15) is 0 Å². The van der Waals surface area contributed by atoms with Crippen molar-refractivity contribution in [3.63, 3.8) is 0 Å². The highest BCUT2D eigenvalue weighted by Crippen LogP contribution is 2.32. The molecule has 0 aliphatic carbocycles. The van der Waals surface area contributed by atoms with Gasteiger partial charge in [-0.25, -0.2) is 0 Å². The van der Waals surface area contributed by atoms with E-state index in [9.17, 15) is 4.79 Å². The molecule has 0 aliphatic heterocycles. The molecule has 0 saturated heterocycles. The molecule has 0 aromatic heterocycles. The van der Waals surface area contributed by atoms with Crippen LogP contribution in [0.3, 0.4) is 0 Å². The van der Waals surface area contributed by atoms with E-state index in [1.54, 1.807) is 14.2 Å². The number of methoxy groups -OCH3 is 2. The SMILES string of the molecule is CCC[C@](C)(OC)C(=O)Nc1ccc(OC)c2ccccc12. The Bertz CT molecular complexity index is 668. The molecule has 0 aliphatic rings. The van der Waals surface area contributed by atoms with Gasteiger partial charge in [0, 0.05) is 23.6 Å². The van der Waals surface area contributed by atoms with Crippen molar-refractivity contribution in [2.45, 2.75) is 32.3 Å². The number of benzene rings is 2. The summed E-state index contributed by atoms with van der Waals surface area (Å²) in [7, 11) is 3.21. The zero-order chi connectivity index (χ0) is 16.2. The molecule has 22 heavy (non-hydrogen) atoms. The summed E-state index contributed by atoms with van der Waals surface area (Å²) < 4.78 is 10.8. The molecule has 4 heteroatoms. The third-order valence-electron chi connectivity index (χ3n) is 4.01. The number of rotatable bonds is 6. The van der Waals surface area contributed by atoms with Crippen LogP contribution >= 0.6 is 0 Å². The van der Waals surface area contributed by atoms with Crippen LogP contribution in [0.15, 0.2) is 36.4 Å². The van der Waals surface area contributed by atoms with E-state index in [1.807, 2.05) is 50.2 Å². The molecule has 0 heterocycles. The van der Waals surface area contributed by atoms with Gasteiger partial charge in [-0.1, -0.05) is 37.6 Å². The van der Waals surface area contributed by atoms with Crippen LogP contribution in [0.4, 0.5) is 5.69 Å². The van der Waals surface area contributed by atoms with Crippen LogP contribution < -0.4 is 10.1 Å². The predicted molar refractivity (Wildman–Crippen MR) is 89.5 cm³/mol. The normalized spacial score (nSPS) is 13.6. The number of hydrogen-bond donors (Lipinski definition) is 1. The standard InChI is InChI=1S/C18H23NO3/c1-5-12-18(2,22-4)17(20)19-15-10-11-16(21-3)14-9-7-6-8-13(14)15/h6-11H,5,12H2,1-4H3,(H,19,20)/t18-/m0/s1. The maximum atomic E-state index is 12.6. The van der Waals surface area contributed by atoms with Gasteiger partial charge in [-0.15, -0.1) is 0 Å². The van der Waals surface area contributed by atoms with Crippen LogP contribution in [-0.4, -0.2) is 25.7 Å². The van der Waals surface area contributed by atoms with Crippen molar-refractivity contribution in [3.8, 4) is 5.75 Å². The number of fused-ring (bicyclic) bond motifs is 1. The van der Waals surface area contributed by atoms with E-state index in [4.69, 9.17) is 9.47 Å². The first-order valence-corrected chi connectivity index (χ1v) is 7.48. The van der Waals surface area contributed by atoms with E-state index < -0.39 is 5.60 Å². The van der Waals surface area contributed by atoms with Crippen molar-refractivity contribution < 1.29 is 14.3 Å². The number of carbonyl (C=O) groups is 1. The number of amides is 1. The number of ether oxygens (including phenoxy) is 2. The monoisotopic (exact) mass is 301 g/mol. The summed E-state index contributed by atoms with van der Waals surface area (Å²) >= 11 is 0. The van der Waals surface area contributed by atoms with Gasteiger partial charge < -0.3 is 14.8 Å². The summed E-state index contributed by atoms with van der Waals surface area (Å²) in [4.78, 5) is 12.6. The molecule has 1 N–H and O–H groups in total. The molecular formula is C18H23NO3. The molecule has 118 valence electrons. The molecule has 2 rings (SSSR count). The average Bonchev–Trinajstić information content (AvgIpc) is 2.55. The fraction of sp³-hybridized carbons (Fsp3) is 0.389. The Hall–Kier alpha value is -2.07. The highest BCUT2D eigenvalue weighted by atomic mass is 16.5. The fourth-order valence-electron chi connectivity index (χ4n) is 2.60. The molecule has 0 unspecified atom stereocenters. The van der Waals surface area contributed by atoms with Gasteiger partial charge >= 0.3 is 0 Å². The minimum absolute atomic E-state index is 0.132. The fourth-order valence-corrected chi connectivity index (χ4v) is 2.60. The van der Waals surface area contributed by atoms with Crippen LogP contribution in [0.5, 0.6) is 5.75 Å². The summed E-state index contributed by atoms with van der Waals surface area (Å²) in [6.07, 6.45) is 1.55. The second-order valence-corrected chi connectivity index (χ2v) is 5.50. The lowest BCUT2D eigenvalue weighted by molar-refractivity contribution is -0.136. The van der Waals surface area contributed by atoms with E-state index in [-0.39, 0.29) is 5.91 Å². The minimum atomic E-state index is -0.824. The number of hydrogen-bond acceptors (Lipinski definition) is 3. The van der Waals surface area contributed by atoms with Crippen LogP contribution in [0.1, 0.15) is 26.7 Å². The first kappa shape index (κ1) is 16.3. The number of anilines is 1. The summed E-state index contributed by atoms with van der Waals surface area (Å²) in [5, 5.41) is 4.91.